The molecule has 0 bridgehead atoms. The Bertz CT molecular complexity index is 46.8. The molecule has 40 valence electrons. The summed E-state index contributed by atoms with van der Waals surface area (Å²) < 4.78 is 0.505. The van der Waals surface area contributed by atoms with Gasteiger partial charge < -0.3 is 5.73 Å². The summed E-state index contributed by atoms with van der Waals surface area (Å²) in [5, 5.41) is 0. The number of thiocarbonyl (C=S) groups is 1. The second kappa shape index (κ2) is 5.73. The van der Waals surface area contributed by atoms with Gasteiger partial charge in [0.2, 0.25) is 0 Å². The van der Waals surface area contributed by atoms with Crippen LogP contribution < -0.4 is 5.73 Å². The van der Waals surface area contributed by atoms with E-state index in [-0.39, 0.29) is 16.5 Å². The predicted molar refractivity (Wildman–Crippen MR) is 30.3 cm³/mol. The summed E-state index contributed by atoms with van der Waals surface area (Å²) in [6.45, 7) is 0. The van der Waals surface area contributed by atoms with Gasteiger partial charge in [-0.1, -0.05) is 12.2 Å². The van der Waals surface area contributed by atoms with Crippen molar-refractivity contribution in [3.63, 3.8) is 0 Å². The van der Waals surface area contributed by atoms with Gasteiger partial charge in [-0.3, -0.25) is 0 Å². The third-order valence-electron chi connectivity index (χ3n) is 0.201. The standard InChI is InChI=1S/C2H5NS2.Ni/c1-5-2(3)4;/h1H3,(H2,3,4);. The van der Waals surface area contributed by atoms with Crippen LogP contribution in [0.1, 0.15) is 0 Å². The molecule has 0 unspecified atom stereocenters. The Balaban J connectivity index is 0. The first-order valence-corrected chi connectivity index (χ1v) is 2.74. The molecule has 0 heterocycles. The topological polar surface area (TPSA) is 26.0 Å². The van der Waals surface area contributed by atoms with Crippen LogP contribution in [-0.2, 0) is 16.5 Å². The van der Waals surface area contributed by atoms with E-state index in [1.165, 1.54) is 11.8 Å². The van der Waals surface area contributed by atoms with E-state index in [9.17, 15) is 0 Å². The molecule has 2 N–H and O–H groups in total. The molecule has 6 heavy (non-hydrogen) atoms. The second-order valence-electron chi connectivity index (χ2n) is 0.523. The van der Waals surface area contributed by atoms with E-state index >= 15 is 0 Å². The zero-order chi connectivity index (χ0) is 4.28. The minimum absolute atomic E-state index is 0. The summed E-state index contributed by atoms with van der Waals surface area (Å²) >= 11 is 5.83. The molecule has 0 aromatic heterocycles. The number of nitrogens with two attached hydrogens (primary N) is 1. The van der Waals surface area contributed by atoms with E-state index in [0.29, 0.717) is 4.32 Å². The molecule has 0 aromatic rings. The van der Waals surface area contributed by atoms with Crippen LogP contribution in [0.3, 0.4) is 0 Å². The fraction of sp³-hybridized carbons (Fsp3) is 0.500. The molecule has 0 rings (SSSR count). The van der Waals surface area contributed by atoms with Gasteiger partial charge in [0.15, 0.2) is 0 Å². The molecule has 0 aliphatic carbocycles. The summed E-state index contributed by atoms with van der Waals surface area (Å²) in [4.78, 5) is 0. The maximum absolute atomic E-state index is 4.99. The zero-order valence-electron chi connectivity index (χ0n) is 3.21. The van der Waals surface area contributed by atoms with E-state index in [1.54, 1.807) is 0 Å². The summed E-state index contributed by atoms with van der Waals surface area (Å²) in [5.74, 6) is 0. The first kappa shape index (κ1) is 9.88. The normalized spacial score (nSPS) is 6.17. The van der Waals surface area contributed by atoms with Crippen LogP contribution >= 0.6 is 24.0 Å². The minimum atomic E-state index is 0. The van der Waals surface area contributed by atoms with E-state index in [2.05, 4.69) is 12.2 Å². The van der Waals surface area contributed by atoms with E-state index in [0.717, 1.165) is 0 Å². The van der Waals surface area contributed by atoms with Gasteiger partial charge in [-0.25, -0.2) is 0 Å². The van der Waals surface area contributed by atoms with E-state index in [4.69, 9.17) is 5.73 Å². The van der Waals surface area contributed by atoms with Gasteiger partial charge in [0.25, 0.3) is 0 Å². The Labute approximate surface area is 57.0 Å². The maximum atomic E-state index is 4.99. The number of hydrogen-bond donors (Lipinski definition) is 1. The molecule has 1 nitrogen and oxygen atoms in total. The number of thioether (sulfide) groups is 1. The Kier molecular flexibility index (Phi) is 9.44. The van der Waals surface area contributed by atoms with E-state index < -0.39 is 0 Å². The van der Waals surface area contributed by atoms with Crippen molar-refractivity contribution in [3.05, 3.63) is 0 Å². The fourth-order valence-electron chi connectivity index (χ4n) is 0. The van der Waals surface area contributed by atoms with Crippen molar-refractivity contribution in [3.8, 4) is 0 Å². The number of rotatable bonds is 0. The van der Waals surface area contributed by atoms with Crippen molar-refractivity contribution < 1.29 is 16.5 Å². The first-order chi connectivity index (χ1) is 2.27. The smallest absolute Gasteiger partial charge is 0.130 e. The molecule has 0 saturated heterocycles. The average molecular weight is 166 g/mol. The molecule has 0 saturated carbocycles. The third-order valence-corrected chi connectivity index (χ3v) is 1.10. The van der Waals surface area contributed by atoms with Crippen LogP contribution in [0.15, 0.2) is 0 Å². The quantitative estimate of drug-likeness (QED) is 0.421. The van der Waals surface area contributed by atoms with Gasteiger partial charge in [-0.15, -0.1) is 11.8 Å². The van der Waals surface area contributed by atoms with Crippen LogP contribution in [0.25, 0.3) is 0 Å². The van der Waals surface area contributed by atoms with E-state index in [1.807, 2.05) is 6.26 Å². The Morgan fingerprint density at radius 1 is 1.83 bits per heavy atom. The van der Waals surface area contributed by atoms with Crippen LogP contribution in [0.5, 0.6) is 0 Å². The van der Waals surface area contributed by atoms with Crippen LogP contribution in [-0.4, -0.2) is 10.6 Å². The molecule has 0 aliphatic rings. The van der Waals surface area contributed by atoms with Gasteiger partial charge in [0.1, 0.15) is 4.32 Å². The minimum Gasteiger partial charge on any atom is -0.385 e. The van der Waals surface area contributed by atoms with Crippen molar-refractivity contribution in [1.82, 2.24) is 0 Å². The molecular formula is C2H5NNiS2. The van der Waals surface area contributed by atoms with Gasteiger partial charge >= 0.3 is 0 Å². The molecule has 0 aliphatic heterocycles. The Hall–Kier alpha value is 0.734. The van der Waals surface area contributed by atoms with Gasteiger partial charge in [0.05, 0.1) is 0 Å². The fourth-order valence-corrected chi connectivity index (χ4v) is 0. The molecular weight excluding hydrogens is 161 g/mol. The molecule has 0 amide bonds. The van der Waals surface area contributed by atoms with Crippen molar-refractivity contribution in [1.29, 1.82) is 0 Å². The van der Waals surface area contributed by atoms with Crippen LogP contribution in [0.4, 0.5) is 0 Å². The largest absolute Gasteiger partial charge is 0.385 e. The van der Waals surface area contributed by atoms with Crippen LogP contribution in [0.2, 0.25) is 0 Å². The molecule has 0 spiro atoms. The molecule has 0 fully saturated rings. The summed E-state index contributed by atoms with van der Waals surface area (Å²) in [5.41, 5.74) is 4.99. The van der Waals surface area contributed by atoms with Gasteiger partial charge in [0, 0.05) is 16.5 Å². The molecule has 0 atom stereocenters. The van der Waals surface area contributed by atoms with Crippen molar-refractivity contribution in [2.75, 3.05) is 6.26 Å². The predicted octanol–water partition coefficient (Wildman–Crippen LogP) is 0.591. The summed E-state index contributed by atoms with van der Waals surface area (Å²) in [6, 6.07) is 0. The van der Waals surface area contributed by atoms with Crippen molar-refractivity contribution >= 4 is 28.3 Å². The summed E-state index contributed by atoms with van der Waals surface area (Å²) in [6.07, 6.45) is 1.85. The first-order valence-electron chi connectivity index (χ1n) is 1.11. The number of hydrogen-bond acceptors (Lipinski definition) is 2. The monoisotopic (exact) mass is 165 g/mol. The third kappa shape index (κ3) is 8.83. The Morgan fingerprint density at radius 2 is 2.00 bits per heavy atom. The molecule has 4 heteroatoms. The van der Waals surface area contributed by atoms with Gasteiger partial charge in [-0.05, 0) is 6.26 Å². The average Bonchev–Trinajstić information content (AvgIpc) is 1.38. The van der Waals surface area contributed by atoms with Crippen molar-refractivity contribution in [2.24, 2.45) is 5.73 Å². The maximum Gasteiger partial charge on any atom is 0.130 e. The SMILES string of the molecule is CSC(N)=S.[Ni]. The van der Waals surface area contributed by atoms with Crippen LogP contribution in [0, 0.1) is 0 Å². The molecule has 0 aromatic carbocycles. The van der Waals surface area contributed by atoms with Gasteiger partial charge in [-0.2, -0.15) is 0 Å². The zero-order valence-corrected chi connectivity index (χ0v) is 5.83. The molecule has 0 radical (unpaired) electrons. The van der Waals surface area contributed by atoms with Crippen molar-refractivity contribution in [2.45, 2.75) is 0 Å². The Morgan fingerprint density at radius 3 is 2.00 bits per heavy atom. The second-order valence-corrected chi connectivity index (χ2v) is 2.07. The summed E-state index contributed by atoms with van der Waals surface area (Å²) in [7, 11) is 0.